The number of rotatable bonds is 4. The Balaban J connectivity index is 1.40. The third-order valence-electron chi connectivity index (χ3n) is 6.00. The van der Waals surface area contributed by atoms with Crippen LogP contribution in [-0.2, 0) is 11.2 Å². The van der Waals surface area contributed by atoms with Crippen LogP contribution in [0.1, 0.15) is 30.2 Å². The van der Waals surface area contributed by atoms with Gasteiger partial charge >= 0.3 is 0 Å². The number of hydrogen-bond acceptors (Lipinski definition) is 4. The van der Waals surface area contributed by atoms with Crippen LogP contribution in [0.5, 0.6) is 0 Å². The number of aromatic nitrogens is 2. The van der Waals surface area contributed by atoms with Crippen LogP contribution >= 0.6 is 0 Å². The van der Waals surface area contributed by atoms with Crippen LogP contribution in [0.15, 0.2) is 48.7 Å². The average molecular weight is 386 g/mol. The standard InChI is InChI=1S/C24H26N4O/c1-2-8-26-10-12-27(13-11-26)20-7-6-18-15-22(24(29)16-19(18)14-20)23-17-21-5-3-4-9-28(21)25-23/h3-7,9,14-15,17H,2,8,10-13,16H2,1H3. The first-order chi connectivity index (χ1) is 14.2. The molecule has 0 N–H and O–H groups in total. The number of nitrogens with zero attached hydrogens (tertiary/aromatic N) is 4. The lowest BCUT2D eigenvalue weighted by atomic mass is 9.89. The van der Waals surface area contributed by atoms with E-state index in [0.717, 1.165) is 48.5 Å². The van der Waals surface area contributed by atoms with Gasteiger partial charge in [-0.15, -0.1) is 0 Å². The number of pyridine rings is 1. The van der Waals surface area contributed by atoms with Crippen LogP contribution in [0.4, 0.5) is 5.69 Å². The molecule has 148 valence electrons. The average Bonchev–Trinajstić information content (AvgIpc) is 3.17. The van der Waals surface area contributed by atoms with E-state index >= 15 is 0 Å². The van der Waals surface area contributed by atoms with E-state index in [9.17, 15) is 4.79 Å². The largest absolute Gasteiger partial charge is 0.369 e. The van der Waals surface area contributed by atoms with Crippen molar-refractivity contribution in [2.24, 2.45) is 0 Å². The Morgan fingerprint density at radius 1 is 1.03 bits per heavy atom. The van der Waals surface area contributed by atoms with Crippen LogP contribution in [0.25, 0.3) is 17.2 Å². The molecular weight excluding hydrogens is 360 g/mol. The normalized spacial score (nSPS) is 17.5. The van der Waals surface area contributed by atoms with Crippen molar-refractivity contribution in [2.45, 2.75) is 19.8 Å². The zero-order chi connectivity index (χ0) is 19.8. The lowest BCUT2D eigenvalue weighted by Gasteiger charge is -2.36. The van der Waals surface area contributed by atoms with Crippen molar-refractivity contribution >= 4 is 28.6 Å². The molecule has 2 aromatic heterocycles. The van der Waals surface area contributed by atoms with Crippen molar-refractivity contribution in [2.75, 3.05) is 37.6 Å². The van der Waals surface area contributed by atoms with Gasteiger partial charge in [-0.2, -0.15) is 5.10 Å². The molecule has 0 spiro atoms. The van der Waals surface area contributed by atoms with E-state index in [1.165, 1.54) is 18.7 Å². The maximum atomic E-state index is 12.9. The van der Waals surface area contributed by atoms with Crippen LogP contribution in [0.3, 0.4) is 0 Å². The summed E-state index contributed by atoms with van der Waals surface area (Å²) in [5, 5.41) is 4.59. The Morgan fingerprint density at radius 3 is 2.69 bits per heavy atom. The van der Waals surface area contributed by atoms with Gasteiger partial charge in [0.1, 0.15) is 0 Å². The monoisotopic (exact) mass is 386 g/mol. The van der Waals surface area contributed by atoms with Gasteiger partial charge in [0.05, 0.1) is 11.2 Å². The van der Waals surface area contributed by atoms with Gasteiger partial charge in [0.15, 0.2) is 5.78 Å². The van der Waals surface area contributed by atoms with Crippen molar-refractivity contribution < 1.29 is 4.79 Å². The second-order valence-corrected chi connectivity index (χ2v) is 7.97. The van der Waals surface area contributed by atoms with E-state index in [1.807, 2.05) is 41.1 Å². The number of benzene rings is 1. The number of hydrogen-bond donors (Lipinski definition) is 0. The summed E-state index contributed by atoms with van der Waals surface area (Å²) in [6.45, 7) is 7.75. The molecule has 3 heterocycles. The fourth-order valence-electron chi connectivity index (χ4n) is 4.42. The fourth-order valence-corrected chi connectivity index (χ4v) is 4.42. The lowest BCUT2D eigenvalue weighted by molar-refractivity contribution is -0.113. The minimum atomic E-state index is 0.144. The predicted octanol–water partition coefficient (Wildman–Crippen LogP) is 3.53. The van der Waals surface area contributed by atoms with Gasteiger partial charge < -0.3 is 4.90 Å². The zero-order valence-electron chi connectivity index (χ0n) is 16.8. The predicted molar refractivity (Wildman–Crippen MR) is 117 cm³/mol. The molecule has 5 heteroatoms. The van der Waals surface area contributed by atoms with Gasteiger partial charge in [-0.25, -0.2) is 4.52 Å². The Bertz CT molecular complexity index is 1060. The van der Waals surface area contributed by atoms with E-state index in [1.54, 1.807) is 0 Å². The molecule has 0 saturated carbocycles. The number of fused-ring (bicyclic) bond motifs is 2. The second-order valence-electron chi connectivity index (χ2n) is 7.97. The van der Waals surface area contributed by atoms with Gasteiger partial charge in [0, 0.05) is 50.1 Å². The van der Waals surface area contributed by atoms with Gasteiger partial charge in [-0.1, -0.05) is 19.1 Å². The van der Waals surface area contributed by atoms with Crippen LogP contribution < -0.4 is 4.90 Å². The Kier molecular flexibility index (Phi) is 4.68. The SMILES string of the molecule is CCCN1CCN(c2ccc3c(c2)CC(=O)C(c2cc4ccccn4n2)=C3)CC1. The molecule has 0 unspecified atom stereocenters. The third kappa shape index (κ3) is 3.47. The second kappa shape index (κ2) is 7.48. The summed E-state index contributed by atoms with van der Waals surface area (Å²) in [6, 6.07) is 14.5. The molecule has 2 aliphatic rings. The molecule has 1 aromatic carbocycles. The molecule has 1 aliphatic heterocycles. The van der Waals surface area contributed by atoms with Gasteiger partial charge in [0.25, 0.3) is 0 Å². The highest BCUT2D eigenvalue weighted by Crippen LogP contribution is 2.31. The zero-order valence-corrected chi connectivity index (χ0v) is 16.8. The highest BCUT2D eigenvalue weighted by Gasteiger charge is 2.23. The summed E-state index contributed by atoms with van der Waals surface area (Å²) in [7, 11) is 0. The van der Waals surface area contributed by atoms with E-state index < -0.39 is 0 Å². The summed E-state index contributed by atoms with van der Waals surface area (Å²) < 4.78 is 1.82. The van der Waals surface area contributed by atoms with Crippen LogP contribution in [0.2, 0.25) is 0 Å². The summed E-state index contributed by atoms with van der Waals surface area (Å²) in [4.78, 5) is 17.9. The summed E-state index contributed by atoms with van der Waals surface area (Å²) >= 11 is 0. The minimum absolute atomic E-state index is 0.144. The molecule has 0 atom stereocenters. The number of anilines is 1. The molecule has 0 amide bonds. The number of carbonyl (C=O) groups excluding carboxylic acids is 1. The smallest absolute Gasteiger partial charge is 0.169 e. The van der Waals surface area contributed by atoms with Crippen molar-refractivity contribution in [1.29, 1.82) is 0 Å². The Labute approximate surface area is 171 Å². The third-order valence-corrected chi connectivity index (χ3v) is 6.00. The highest BCUT2D eigenvalue weighted by atomic mass is 16.1. The number of piperazine rings is 1. The van der Waals surface area contributed by atoms with Gasteiger partial charge in [-0.3, -0.25) is 9.69 Å². The first-order valence-electron chi connectivity index (χ1n) is 10.5. The molecule has 29 heavy (non-hydrogen) atoms. The first kappa shape index (κ1) is 18.1. The molecule has 0 bridgehead atoms. The molecule has 1 fully saturated rings. The number of Topliss-reactive ketones (excluding diaryl/α,β-unsaturated/α-hetero) is 1. The quantitative estimate of drug-likeness (QED) is 0.688. The van der Waals surface area contributed by atoms with E-state index in [-0.39, 0.29) is 5.78 Å². The van der Waals surface area contributed by atoms with E-state index in [0.29, 0.717) is 12.0 Å². The summed E-state index contributed by atoms with van der Waals surface area (Å²) in [6.07, 6.45) is 5.57. The van der Waals surface area contributed by atoms with Gasteiger partial charge in [0.2, 0.25) is 0 Å². The number of allylic oxidation sites excluding steroid dienone is 1. The van der Waals surface area contributed by atoms with Crippen molar-refractivity contribution in [3.63, 3.8) is 0 Å². The van der Waals surface area contributed by atoms with Gasteiger partial charge in [-0.05, 0) is 60.5 Å². The van der Waals surface area contributed by atoms with Crippen molar-refractivity contribution in [1.82, 2.24) is 14.5 Å². The Hall–Kier alpha value is -2.92. The molecular formula is C24H26N4O. The number of carbonyl (C=O) groups is 1. The molecule has 0 radical (unpaired) electrons. The molecule has 1 aliphatic carbocycles. The van der Waals surface area contributed by atoms with E-state index in [4.69, 9.17) is 0 Å². The van der Waals surface area contributed by atoms with Crippen molar-refractivity contribution in [3.05, 3.63) is 65.5 Å². The van der Waals surface area contributed by atoms with Crippen LogP contribution in [0, 0.1) is 0 Å². The molecule has 3 aromatic rings. The molecule has 5 rings (SSSR count). The molecule has 5 nitrogen and oxygen atoms in total. The lowest BCUT2D eigenvalue weighted by Crippen LogP contribution is -2.46. The Morgan fingerprint density at radius 2 is 1.90 bits per heavy atom. The maximum Gasteiger partial charge on any atom is 0.169 e. The number of ketones is 1. The summed E-state index contributed by atoms with van der Waals surface area (Å²) in [5.74, 6) is 0.144. The summed E-state index contributed by atoms with van der Waals surface area (Å²) in [5.41, 5.74) is 5.95. The maximum absolute atomic E-state index is 12.9. The van der Waals surface area contributed by atoms with Crippen LogP contribution in [-0.4, -0.2) is 53.0 Å². The highest BCUT2D eigenvalue weighted by molar-refractivity contribution is 6.27. The topological polar surface area (TPSA) is 40.9 Å². The fraction of sp³-hybridized carbons (Fsp3) is 0.333. The first-order valence-corrected chi connectivity index (χ1v) is 10.5. The van der Waals surface area contributed by atoms with E-state index in [2.05, 4.69) is 40.0 Å². The van der Waals surface area contributed by atoms with Crippen molar-refractivity contribution in [3.8, 4) is 0 Å². The molecule has 1 saturated heterocycles. The minimum Gasteiger partial charge on any atom is -0.369 e.